The normalized spacial score (nSPS) is 9.65. The smallest absolute Gasteiger partial charge is 0.253 e. The second kappa shape index (κ2) is 9.58. The third-order valence-corrected chi connectivity index (χ3v) is 2.71. The summed E-state index contributed by atoms with van der Waals surface area (Å²) in [5.74, 6) is -0.0625. The average molecular weight is 319 g/mol. The van der Waals surface area contributed by atoms with E-state index in [4.69, 9.17) is 0 Å². The summed E-state index contributed by atoms with van der Waals surface area (Å²) < 4.78 is 0. The maximum atomic E-state index is 12.0. The Labute approximate surface area is 130 Å². The summed E-state index contributed by atoms with van der Waals surface area (Å²) in [6.07, 6.45) is 4.50. The van der Waals surface area contributed by atoms with Gasteiger partial charge in [0, 0.05) is 30.9 Å². The van der Waals surface area contributed by atoms with Crippen LogP contribution in [0.25, 0.3) is 11.0 Å². The fraction of sp³-hybridized carbons (Fsp3) is 0.385. The van der Waals surface area contributed by atoms with Crippen molar-refractivity contribution in [1.82, 2.24) is 20.6 Å². The maximum absolute atomic E-state index is 12.0. The highest BCUT2D eigenvalue weighted by molar-refractivity contribution is 6.05. The molecule has 0 spiro atoms. The van der Waals surface area contributed by atoms with Crippen molar-refractivity contribution >= 4 is 41.8 Å². The zero-order valence-electron chi connectivity index (χ0n) is 11.3. The first-order valence-electron chi connectivity index (χ1n) is 6.24. The predicted octanol–water partition coefficient (Wildman–Crippen LogP) is 2.14. The van der Waals surface area contributed by atoms with E-state index in [1.165, 1.54) is 0 Å². The number of pyridine rings is 1. The van der Waals surface area contributed by atoms with E-state index in [0.29, 0.717) is 12.1 Å². The van der Waals surface area contributed by atoms with Gasteiger partial charge in [0.2, 0.25) is 0 Å². The Bertz CT molecular complexity index is 530. The lowest BCUT2D eigenvalue weighted by molar-refractivity contribution is 0.0955. The summed E-state index contributed by atoms with van der Waals surface area (Å²) in [6.45, 7) is 4.52. The van der Waals surface area contributed by atoms with Crippen molar-refractivity contribution in [3.8, 4) is 0 Å². The van der Waals surface area contributed by atoms with Gasteiger partial charge < -0.3 is 15.6 Å². The molecule has 0 saturated heterocycles. The molecule has 112 valence electrons. The first-order chi connectivity index (χ1) is 8.83. The lowest BCUT2D eigenvalue weighted by Crippen LogP contribution is -2.32. The first-order valence-corrected chi connectivity index (χ1v) is 6.24. The highest BCUT2D eigenvalue weighted by Gasteiger charge is 2.11. The van der Waals surface area contributed by atoms with Gasteiger partial charge in [-0.15, -0.1) is 24.8 Å². The quantitative estimate of drug-likeness (QED) is 0.715. The average Bonchev–Trinajstić information content (AvgIpc) is 2.82. The third-order valence-electron chi connectivity index (χ3n) is 2.71. The lowest BCUT2D eigenvalue weighted by atomic mass is 10.2. The summed E-state index contributed by atoms with van der Waals surface area (Å²) in [6, 6.07) is 3.72. The van der Waals surface area contributed by atoms with Crippen molar-refractivity contribution in [3.63, 3.8) is 0 Å². The van der Waals surface area contributed by atoms with Crippen LogP contribution >= 0.6 is 24.8 Å². The third kappa shape index (κ3) is 4.67. The standard InChI is InChI=1S/C13H18N4O.2ClH/c1-2-5-14-7-8-16-13(18)11-9-17-12-10(11)4-3-6-15-12;;/h3-4,6,9,14H,2,5,7-8H2,1H3,(H,15,17)(H,16,18);2*1H. The van der Waals surface area contributed by atoms with Crippen molar-refractivity contribution in [1.29, 1.82) is 0 Å². The number of H-pyrrole nitrogens is 1. The highest BCUT2D eigenvalue weighted by Crippen LogP contribution is 2.14. The van der Waals surface area contributed by atoms with Crippen LogP contribution in [0.1, 0.15) is 23.7 Å². The van der Waals surface area contributed by atoms with Crippen molar-refractivity contribution in [2.45, 2.75) is 13.3 Å². The second-order valence-electron chi connectivity index (χ2n) is 4.11. The molecular formula is C13H20Cl2N4O. The van der Waals surface area contributed by atoms with E-state index in [0.717, 1.165) is 30.5 Å². The Balaban J connectivity index is 0.00000180. The van der Waals surface area contributed by atoms with E-state index in [9.17, 15) is 4.79 Å². The maximum Gasteiger partial charge on any atom is 0.253 e. The minimum atomic E-state index is -0.0625. The van der Waals surface area contributed by atoms with Gasteiger partial charge in [0.05, 0.1) is 5.56 Å². The topological polar surface area (TPSA) is 69.8 Å². The molecule has 20 heavy (non-hydrogen) atoms. The zero-order chi connectivity index (χ0) is 12.8. The molecule has 1 amide bonds. The van der Waals surface area contributed by atoms with Crippen molar-refractivity contribution < 1.29 is 4.79 Å². The number of carbonyl (C=O) groups excluding carboxylic acids is 1. The first kappa shape index (κ1) is 18.7. The van der Waals surface area contributed by atoms with Crippen LogP contribution in [0.15, 0.2) is 24.5 Å². The van der Waals surface area contributed by atoms with E-state index in [-0.39, 0.29) is 30.7 Å². The zero-order valence-corrected chi connectivity index (χ0v) is 12.9. The van der Waals surface area contributed by atoms with Crippen LogP contribution in [0.2, 0.25) is 0 Å². The number of nitrogens with one attached hydrogen (secondary N) is 3. The molecule has 2 aromatic heterocycles. The summed E-state index contributed by atoms with van der Waals surface area (Å²) in [4.78, 5) is 19.1. The molecule has 2 heterocycles. The molecule has 0 aliphatic rings. The number of amides is 1. The van der Waals surface area contributed by atoms with E-state index in [2.05, 4.69) is 27.5 Å². The van der Waals surface area contributed by atoms with Crippen LogP contribution in [0.3, 0.4) is 0 Å². The van der Waals surface area contributed by atoms with E-state index >= 15 is 0 Å². The summed E-state index contributed by atoms with van der Waals surface area (Å²) in [7, 11) is 0. The Morgan fingerprint density at radius 2 is 2.10 bits per heavy atom. The van der Waals surface area contributed by atoms with Gasteiger partial charge in [-0.25, -0.2) is 4.98 Å². The van der Waals surface area contributed by atoms with E-state index in [1.54, 1.807) is 12.4 Å². The largest absolute Gasteiger partial charge is 0.351 e. The number of hydrogen-bond donors (Lipinski definition) is 3. The minimum absolute atomic E-state index is 0. The van der Waals surface area contributed by atoms with Gasteiger partial charge in [-0.1, -0.05) is 6.92 Å². The molecule has 0 atom stereocenters. The van der Waals surface area contributed by atoms with Crippen molar-refractivity contribution in [2.24, 2.45) is 0 Å². The SMILES string of the molecule is CCCNCCNC(=O)c1c[nH]c2ncccc12.Cl.Cl. The molecule has 0 bridgehead atoms. The van der Waals surface area contributed by atoms with Crippen LogP contribution in [-0.4, -0.2) is 35.5 Å². The number of fused-ring (bicyclic) bond motifs is 1. The van der Waals surface area contributed by atoms with Crippen LogP contribution in [0, 0.1) is 0 Å². The highest BCUT2D eigenvalue weighted by atomic mass is 35.5. The number of aromatic amines is 1. The van der Waals surface area contributed by atoms with Gasteiger partial charge in [-0.05, 0) is 25.1 Å². The van der Waals surface area contributed by atoms with Crippen LogP contribution in [-0.2, 0) is 0 Å². The molecule has 0 aliphatic carbocycles. The monoisotopic (exact) mass is 318 g/mol. The van der Waals surface area contributed by atoms with Crippen LogP contribution in [0.4, 0.5) is 0 Å². The fourth-order valence-electron chi connectivity index (χ4n) is 1.81. The van der Waals surface area contributed by atoms with E-state index in [1.807, 2.05) is 12.1 Å². The van der Waals surface area contributed by atoms with Gasteiger partial charge in [-0.3, -0.25) is 4.79 Å². The van der Waals surface area contributed by atoms with Gasteiger partial charge in [0.25, 0.3) is 5.91 Å². The number of carbonyl (C=O) groups is 1. The second-order valence-corrected chi connectivity index (χ2v) is 4.11. The minimum Gasteiger partial charge on any atom is -0.351 e. The number of aromatic nitrogens is 2. The fourth-order valence-corrected chi connectivity index (χ4v) is 1.81. The molecule has 3 N–H and O–H groups in total. The predicted molar refractivity (Wildman–Crippen MR) is 86.1 cm³/mol. The molecule has 7 heteroatoms. The van der Waals surface area contributed by atoms with Crippen LogP contribution < -0.4 is 10.6 Å². The molecule has 2 rings (SSSR count). The molecular weight excluding hydrogens is 299 g/mol. The van der Waals surface area contributed by atoms with Gasteiger partial charge in [-0.2, -0.15) is 0 Å². The summed E-state index contributed by atoms with van der Waals surface area (Å²) >= 11 is 0. The molecule has 0 aliphatic heterocycles. The molecule has 0 fully saturated rings. The Morgan fingerprint density at radius 1 is 1.30 bits per heavy atom. The van der Waals surface area contributed by atoms with Gasteiger partial charge in [0.15, 0.2) is 0 Å². The van der Waals surface area contributed by atoms with Crippen LogP contribution in [0.5, 0.6) is 0 Å². The number of halogens is 2. The Kier molecular flexibility index (Phi) is 8.96. The molecule has 0 aromatic carbocycles. The van der Waals surface area contributed by atoms with Gasteiger partial charge in [0.1, 0.15) is 5.65 Å². The summed E-state index contributed by atoms with van der Waals surface area (Å²) in [5, 5.41) is 6.98. The van der Waals surface area contributed by atoms with Gasteiger partial charge >= 0.3 is 0 Å². The molecule has 2 aromatic rings. The molecule has 5 nitrogen and oxygen atoms in total. The Morgan fingerprint density at radius 3 is 2.85 bits per heavy atom. The number of nitrogens with zero attached hydrogens (tertiary/aromatic N) is 1. The molecule has 0 unspecified atom stereocenters. The lowest BCUT2D eigenvalue weighted by Gasteiger charge is -2.05. The van der Waals surface area contributed by atoms with Crippen molar-refractivity contribution in [3.05, 3.63) is 30.1 Å². The summed E-state index contributed by atoms with van der Waals surface area (Å²) in [5.41, 5.74) is 1.39. The molecule has 0 saturated carbocycles. The van der Waals surface area contributed by atoms with E-state index < -0.39 is 0 Å². The number of hydrogen-bond acceptors (Lipinski definition) is 3. The number of rotatable bonds is 6. The molecule has 0 radical (unpaired) electrons. The Hall–Kier alpha value is -1.30. The van der Waals surface area contributed by atoms with Crippen molar-refractivity contribution in [2.75, 3.05) is 19.6 Å².